The summed E-state index contributed by atoms with van der Waals surface area (Å²) in [4.78, 5) is 16.8. The van der Waals surface area contributed by atoms with E-state index in [2.05, 4.69) is 33.9 Å². The maximum atomic E-state index is 12.3. The summed E-state index contributed by atoms with van der Waals surface area (Å²) < 4.78 is 5.68. The van der Waals surface area contributed by atoms with E-state index in [-0.39, 0.29) is 11.9 Å². The van der Waals surface area contributed by atoms with Crippen molar-refractivity contribution in [3.8, 4) is 0 Å². The molecule has 134 valence electrons. The molecule has 2 atom stereocenters. The van der Waals surface area contributed by atoms with Gasteiger partial charge in [-0.25, -0.2) is 0 Å². The van der Waals surface area contributed by atoms with E-state index in [0.29, 0.717) is 25.6 Å². The highest BCUT2D eigenvalue weighted by Crippen LogP contribution is 2.24. The molecule has 1 saturated heterocycles. The van der Waals surface area contributed by atoms with Crippen LogP contribution in [0.5, 0.6) is 0 Å². The molecule has 4 nitrogen and oxygen atoms in total. The summed E-state index contributed by atoms with van der Waals surface area (Å²) >= 11 is 1.67. The van der Waals surface area contributed by atoms with Gasteiger partial charge in [-0.3, -0.25) is 9.78 Å². The van der Waals surface area contributed by atoms with Crippen LogP contribution < -0.4 is 5.32 Å². The number of benzene rings is 1. The number of para-hydroxylation sites is 1. The number of fused-ring (bicyclic) bond motifs is 1. The van der Waals surface area contributed by atoms with Crippen molar-refractivity contribution < 1.29 is 9.53 Å². The summed E-state index contributed by atoms with van der Waals surface area (Å²) in [5, 5.41) is 8.52. The van der Waals surface area contributed by atoms with Crippen molar-refractivity contribution in [2.24, 2.45) is 5.92 Å². The van der Waals surface area contributed by atoms with Crippen LogP contribution >= 0.6 is 11.3 Å². The monoisotopic (exact) mass is 366 g/mol. The normalized spacial score (nSPS) is 19.7. The maximum Gasteiger partial charge on any atom is 0.220 e. The Morgan fingerprint density at radius 1 is 1.23 bits per heavy atom. The van der Waals surface area contributed by atoms with E-state index in [1.54, 1.807) is 11.3 Å². The second-order valence-electron chi connectivity index (χ2n) is 6.79. The van der Waals surface area contributed by atoms with E-state index in [1.165, 1.54) is 16.5 Å². The molecule has 1 N–H and O–H groups in total. The van der Waals surface area contributed by atoms with Crippen LogP contribution in [0.1, 0.15) is 17.5 Å². The lowest BCUT2D eigenvalue weighted by Crippen LogP contribution is -2.40. The molecule has 5 heteroatoms. The molecule has 3 heterocycles. The standard InChI is InChI=1S/C21H22N2O2S/c24-21(6-5-15-8-10-26-14-15)23-20-13-25-12-17(20)11-16-7-9-22-19-4-2-1-3-18(16)19/h1-4,7-10,14,17,20H,5-6,11-13H2,(H,23,24)/t17-,20+/m1/s1. The molecule has 26 heavy (non-hydrogen) atoms. The third-order valence-corrected chi connectivity index (χ3v) is 5.72. The predicted octanol–water partition coefficient (Wildman–Crippen LogP) is 3.60. The third-order valence-electron chi connectivity index (χ3n) is 4.99. The number of nitrogens with zero attached hydrogens (tertiary/aromatic N) is 1. The minimum Gasteiger partial charge on any atom is -0.379 e. The zero-order valence-corrected chi connectivity index (χ0v) is 15.4. The number of carbonyl (C=O) groups is 1. The fourth-order valence-corrected chi connectivity index (χ4v) is 4.25. The number of rotatable bonds is 6. The molecule has 3 aromatic rings. The lowest BCUT2D eigenvalue weighted by molar-refractivity contribution is -0.122. The van der Waals surface area contributed by atoms with Gasteiger partial charge in [0.05, 0.1) is 24.8 Å². The van der Waals surface area contributed by atoms with Gasteiger partial charge in [-0.1, -0.05) is 18.2 Å². The Balaban J connectivity index is 1.39. The number of ether oxygens (including phenoxy) is 1. The van der Waals surface area contributed by atoms with Crippen LogP contribution in [0.15, 0.2) is 53.4 Å². The predicted molar refractivity (Wildman–Crippen MR) is 104 cm³/mol. The average molecular weight is 366 g/mol. The van der Waals surface area contributed by atoms with Crippen molar-refractivity contribution in [3.05, 3.63) is 64.5 Å². The van der Waals surface area contributed by atoms with Gasteiger partial charge in [0.15, 0.2) is 0 Å². The zero-order chi connectivity index (χ0) is 17.8. The number of carbonyl (C=O) groups excluding carboxylic acids is 1. The van der Waals surface area contributed by atoms with E-state index in [1.807, 2.05) is 29.8 Å². The van der Waals surface area contributed by atoms with Gasteiger partial charge < -0.3 is 10.1 Å². The molecule has 0 aliphatic carbocycles. The molecule has 0 radical (unpaired) electrons. The van der Waals surface area contributed by atoms with Crippen molar-refractivity contribution in [1.29, 1.82) is 0 Å². The van der Waals surface area contributed by atoms with Gasteiger partial charge >= 0.3 is 0 Å². The van der Waals surface area contributed by atoms with Crippen LogP contribution in [0.25, 0.3) is 10.9 Å². The van der Waals surface area contributed by atoms with E-state index in [4.69, 9.17) is 4.74 Å². The molecule has 1 aliphatic heterocycles. The molecule has 1 amide bonds. The topological polar surface area (TPSA) is 51.2 Å². The first-order chi connectivity index (χ1) is 12.8. The second kappa shape index (κ2) is 7.98. The Morgan fingerprint density at radius 3 is 3.04 bits per heavy atom. The van der Waals surface area contributed by atoms with Crippen molar-refractivity contribution >= 4 is 28.1 Å². The van der Waals surface area contributed by atoms with Gasteiger partial charge in [0.25, 0.3) is 0 Å². The first-order valence-electron chi connectivity index (χ1n) is 9.00. The van der Waals surface area contributed by atoms with Gasteiger partial charge in [0, 0.05) is 23.9 Å². The highest BCUT2D eigenvalue weighted by molar-refractivity contribution is 7.07. The van der Waals surface area contributed by atoms with Crippen molar-refractivity contribution in [3.63, 3.8) is 0 Å². The molecular formula is C21H22N2O2S. The zero-order valence-electron chi connectivity index (χ0n) is 14.6. The van der Waals surface area contributed by atoms with E-state index in [0.717, 1.165) is 18.4 Å². The van der Waals surface area contributed by atoms with Gasteiger partial charge in [0.1, 0.15) is 0 Å². The summed E-state index contributed by atoms with van der Waals surface area (Å²) in [6.45, 7) is 1.28. The number of nitrogens with one attached hydrogen (secondary N) is 1. The molecule has 0 saturated carbocycles. The average Bonchev–Trinajstić information content (AvgIpc) is 3.33. The van der Waals surface area contributed by atoms with Crippen LogP contribution in [0.3, 0.4) is 0 Å². The Kier molecular flexibility index (Phi) is 5.27. The van der Waals surface area contributed by atoms with Crippen molar-refractivity contribution in [1.82, 2.24) is 10.3 Å². The van der Waals surface area contributed by atoms with Crippen LogP contribution in [0, 0.1) is 5.92 Å². The Labute approximate surface area is 157 Å². The summed E-state index contributed by atoms with van der Waals surface area (Å²) in [6, 6.07) is 12.4. The largest absolute Gasteiger partial charge is 0.379 e. The number of aromatic nitrogens is 1. The minimum atomic E-state index is 0.0805. The van der Waals surface area contributed by atoms with Crippen LogP contribution in [0.2, 0.25) is 0 Å². The SMILES string of the molecule is O=C(CCc1ccsc1)N[C@H]1COC[C@H]1Cc1ccnc2ccccc12. The fraction of sp³-hybridized carbons (Fsp3) is 0.333. The molecule has 2 aromatic heterocycles. The van der Waals surface area contributed by atoms with Crippen molar-refractivity contribution in [2.45, 2.75) is 25.3 Å². The number of hydrogen-bond donors (Lipinski definition) is 1. The van der Waals surface area contributed by atoms with Gasteiger partial charge in [-0.15, -0.1) is 0 Å². The van der Waals surface area contributed by atoms with E-state index in [9.17, 15) is 4.79 Å². The fourth-order valence-electron chi connectivity index (χ4n) is 3.55. The summed E-state index contributed by atoms with van der Waals surface area (Å²) in [5.74, 6) is 0.405. The Hall–Kier alpha value is -2.24. The van der Waals surface area contributed by atoms with Crippen molar-refractivity contribution in [2.75, 3.05) is 13.2 Å². The number of aryl methyl sites for hydroxylation is 1. The quantitative estimate of drug-likeness (QED) is 0.725. The third kappa shape index (κ3) is 3.94. The summed E-state index contributed by atoms with van der Waals surface area (Å²) in [7, 11) is 0. The minimum absolute atomic E-state index is 0.0805. The lowest BCUT2D eigenvalue weighted by atomic mass is 9.93. The molecule has 1 fully saturated rings. The highest BCUT2D eigenvalue weighted by atomic mass is 32.1. The molecule has 1 aliphatic rings. The number of thiophene rings is 1. The van der Waals surface area contributed by atoms with Gasteiger partial charge in [-0.05, 0) is 52.9 Å². The van der Waals surface area contributed by atoms with Crippen LogP contribution in [-0.2, 0) is 22.4 Å². The molecule has 4 rings (SSSR count). The van der Waals surface area contributed by atoms with Crippen LogP contribution in [-0.4, -0.2) is 30.1 Å². The molecule has 0 unspecified atom stereocenters. The molecule has 1 aromatic carbocycles. The Morgan fingerprint density at radius 2 is 2.15 bits per heavy atom. The van der Waals surface area contributed by atoms with Gasteiger partial charge in [0.2, 0.25) is 5.91 Å². The van der Waals surface area contributed by atoms with E-state index >= 15 is 0 Å². The summed E-state index contributed by atoms with van der Waals surface area (Å²) in [6.07, 6.45) is 4.07. The van der Waals surface area contributed by atoms with Crippen LogP contribution in [0.4, 0.5) is 0 Å². The number of hydrogen-bond acceptors (Lipinski definition) is 4. The lowest BCUT2D eigenvalue weighted by Gasteiger charge is -2.20. The molecular weight excluding hydrogens is 344 g/mol. The number of amides is 1. The maximum absolute atomic E-state index is 12.3. The first kappa shape index (κ1) is 17.2. The molecule has 0 bridgehead atoms. The Bertz CT molecular complexity index is 873. The summed E-state index contributed by atoms with van der Waals surface area (Å²) in [5.41, 5.74) is 3.51. The number of pyridine rings is 1. The molecule has 0 spiro atoms. The van der Waals surface area contributed by atoms with Gasteiger partial charge in [-0.2, -0.15) is 11.3 Å². The second-order valence-corrected chi connectivity index (χ2v) is 7.57. The van der Waals surface area contributed by atoms with E-state index < -0.39 is 0 Å². The highest BCUT2D eigenvalue weighted by Gasteiger charge is 2.30. The smallest absolute Gasteiger partial charge is 0.220 e. The first-order valence-corrected chi connectivity index (χ1v) is 9.94.